The summed E-state index contributed by atoms with van der Waals surface area (Å²) in [6, 6.07) is 13.7. The molecular formula is C31H37F3N2O3. The number of rotatable bonds is 10. The van der Waals surface area contributed by atoms with Gasteiger partial charge in [-0.1, -0.05) is 88.4 Å². The quantitative estimate of drug-likeness (QED) is 0.286. The Morgan fingerprint density at radius 1 is 1.00 bits per heavy atom. The second-order valence-electron chi connectivity index (χ2n) is 11.1. The Bertz CT molecular complexity index is 1330. The van der Waals surface area contributed by atoms with Crippen LogP contribution in [0.3, 0.4) is 0 Å². The second-order valence-corrected chi connectivity index (χ2v) is 11.1. The van der Waals surface area contributed by atoms with Crippen molar-refractivity contribution in [1.82, 2.24) is 9.13 Å². The molecule has 3 aromatic rings. The number of imidazole rings is 1. The third-order valence-corrected chi connectivity index (χ3v) is 7.81. The highest BCUT2D eigenvalue weighted by molar-refractivity contribution is 5.95. The Hall–Kier alpha value is -3.29. The third-order valence-electron chi connectivity index (χ3n) is 7.81. The monoisotopic (exact) mass is 542 g/mol. The first kappa shape index (κ1) is 28.7. The minimum absolute atomic E-state index is 0.0205. The van der Waals surface area contributed by atoms with Crippen LogP contribution in [-0.4, -0.2) is 20.2 Å². The zero-order valence-corrected chi connectivity index (χ0v) is 22.6. The summed E-state index contributed by atoms with van der Waals surface area (Å²) in [5, 5.41) is 9.52. The van der Waals surface area contributed by atoms with E-state index in [2.05, 4.69) is 0 Å². The van der Waals surface area contributed by atoms with Gasteiger partial charge in [-0.2, -0.15) is 13.2 Å². The zero-order chi connectivity index (χ0) is 28.2. The standard InChI is InChI=1S/C31H37F3N2O3/c1-21(2)12-17-27-28(31(32,33)34)35(19-18-22-8-4-3-5-9-22)30(39)36(27)20-23-13-15-24(16-14-23)25-10-6-7-11-26(25)29(37)38/h6-7,10-11,13-16,21-22H,3-5,8-9,12,17-20H2,1-2H3,(H,37,38). The van der Waals surface area contributed by atoms with Gasteiger partial charge in [0.25, 0.3) is 0 Å². The van der Waals surface area contributed by atoms with Gasteiger partial charge >= 0.3 is 17.8 Å². The van der Waals surface area contributed by atoms with Crippen LogP contribution in [0.5, 0.6) is 0 Å². The van der Waals surface area contributed by atoms with Crippen molar-refractivity contribution < 1.29 is 23.1 Å². The largest absolute Gasteiger partial charge is 0.478 e. The predicted molar refractivity (Wildman–Crippen MR) is 146 cm³/mol. The molecule has 0 radical (unpaired) electrons. The van der Waals surface area contributed by atoms with E-state index >= 15 is 0 Å². The minimum atomic E-state index is -4.63. The van der Waals surface area contributed by atoms with Crippen LogP contribution < -0.4 is 5.69 Å². The molecule has 5 nitrogen and oxygen atoms in total. The molecule has 0 unspecified atom stereocenters. The van der Waals surface area contributed by atoms with E-state index in [0.29, 0.717) is 35.4 Å². The van der Waals surface area contributed by atoms with E-state index in [1.54, 1.807) is 42.5 Å². The van der Waals surface area contributed by atoms with Gasteiger partial charge < -0.3 is 5.11 Å². The minimum Gasteiger partial charge on any atom is -0.478 e. The maximum absolute atomic E-state index is 14.5. The average Bonchev–Trinajstić information content (AvgIpc) is 3.18. The molecule has 0 amide bonds. The normalized spacial score (nSPS) is 14.7. The molecule has 2 aromatic carbocycles. The van der Waals surface area contributed by atoms with Crippen molar-refractivity contribution in [3.63, 3.8) is 0 Å². The summed E-state index contributed by atoms with van der Waals surface area (Å²) in [6.07, 6.45) is 2.03. The van der Waals surface area contributed by atoms with Crippen LogP contribution in [-0.2, 0) is 25.7 Å². The van der Waals surface area contributed by atoms with Crippen molar-refractivity contribution in [2.45, 2.75) is 84.5 Å². The summed E-state index contributed by atoms with van der Waals surface area (Å²) < 4.78 is 45.6. The highest BCUT2D eigenvalue weighted by Crippen LogP contribution is 2.34. The van der Waals surface area contributed by atoms with Gasteiger partial charge in [-0.25, -0.2) is 9.59 Å². The number of carboxylic acid groups (broad SMARTS) is 1. The summed E-state index contributed by atoms with van der Waals surface area (Å²) in [7, 11) is 0. The number of halogens is 3. The fourth-order valence-corrected chi connectivity index (χ4v) is 5.69. The number of nitrogens with zero attached hydrogens (tertiary/aromatic N) is 2. The van der Waals surface area contributed by atoms with E-state index in [1.807, 2.05) is 13.8 Å². The van der Waals surface area contributed by atoms with Gasteiger partial charge in [0, 0.05) is 6.54 Å². The molecular weight excluding hydrogens is 505 g/mol. The number of benzene rings is 2. The van der Waals surface area contributed by atoms with Gasteiger partial charge in [0.2, 0.25) is 0 Å². The number of hydrogen-bond acceptors (Lipinski definition) is 2. The lowest BCUT2D eigenvalue weighted by Gasteiger charge is -2.22. The molecule has 4 rings (SSSR count). The first-order valence-electron chi connectivity index (χ1n) is 13.9. The van der Waals surface area contributed by atoms with Gasteiger partial charge in [0.1, 0.15) is 5.69 Å². The van der Waals surface area contributed by atoms with Crippen molar-refractivity contribution in [3.05, 3.63) is 81.5 Å². The number of carbonyl (C=O) groups is 1. The summed E-state index contributed by atoms with van der Waals surface area (Å²) in [4.78, 5) is 25.2. The Morgan fingerprint density at radius 2 is 1.67 bits per heavy atom. The summed E-state index contributed by atoms with van der Waals surface area (Å²) in [5.41, 5.74) is 0.711. The number of alkyl halides is 3. The zero-order valence-electron chi connectivity index (χ0n) is 22.6. The van der Waals surface area contributed by atoms with Crippen LogP contribution in [0, 0.1) is 11.8 Å². The third kappa shape index (κ3) is 6.84. The fourth-order valence-electron chi connectivity index (χ4n) is 5.69. The molecule has 1 heterocycles. The van der Waals surface area contributed by atoms with Crippen LogP contribution in [0.15, 0.2) is 53.3 Å². The molecule has 0 bridgehead atoms. The van der Waals surface area contributed by atoms with Crippen LogP contribution in [0.25, 0.3) is 11.1 Å². The Balaban J connectivity index is 1.69. The van der Waals surface area contributed by atoms with Crippen molar-refractivity contribution >= 4 is 5.97 Å². The highest BCUT2D eigenvalue weighted by Gasteiger charge is 2.40. The lowest BCUT2D eigenvalue weighted by Crippen LogP contribution is -2.28. The van der Waals surface area contributed by atoms with Gasteiger partial charge in [0.05, 0.1) is 17.8 Å². The van der Waals surface area contributed by atoms with Gasteiger partial charge in [-0.15, -0.1) is 0 Å². The van der Waals surface area contributed by atoms with Gasteiger partial charge in [-0.3, -0.25) is 9.13 Å². The van der Waals surface area contributed by atoms with Crippen molar-refractivity contribution in [3.8, 4) is 11.1 Å². The molecule has 210 valence electrons. The molecule has 1 saturated carbocycles. The molecule has 0 atom stereocenters. The molecule has 39 heavy (non-hydrogen) atoms. The van der Waals surface area contributed by atoms with E-state index in [9.17, 15) is 27.9 Å². The molecule has 1 aromatic heterocycles. The van der Waals surface area contributed by atoms with E-state index in [1.165, 1.54) is 17.1 Å². The highest BCUT2D eigenvalue weighted by atomic mass is 19.4. The van der Waals surface area contributed by atoms with Crippen LogP contribution in [0.2, 0.25) is 0 Å². The number of hydrogen-bond donors (Lipinski definition) is 1. The molecule has 0 saturated heterocycles. The molecule has 0 aliphatic heterocycles. The van der Waals surface area contributed by atoms with Crippen LogP contribution >= 0.6 is 0 Å². The maximum atomic E-state index is 14.5. The molecule has 0 spiro atoms. The average molecular weight is 543 g/mol. The smallest absolute Gasteiger partial charge is 0.433 e. The van der Waals surface area contributed by atoms with E-state index in [4.69, 9.17) is 0 Å². The summed E-state index contributed by atoms with van der Waals surface area (Å²) in [6.45, 7) is 4.02. The van der Waals surface area contributed by atoms with Gasteiger partial charge in [-0.05, 0) is 53.9 Å². The van der Waals surface area contributed by atoms with Gasteiger partial charge in [0.15, 0.2) is 0 Å². The summed E-state index contributed by atoms with van der Waals surface area (Å²) >= 11 is 0. The lowest BCUT2D eigenvalue weighted by atomic mass is 9.87. The molecule has 1 aliphatic rings. The SMILES string of the molecule is CC(C)CCc1c(C(F)(F)F)n(CCC2CCCCC2)c(=O)n1Cc1ccc(-c2ccccc2C(=O)O)cc1. The number of aromatic carboxylic acids is 1. The van der Waals surface area contributed by atoms with E-state index in [0.717, 1.165) is 30.3 Å². The van der Waals surface area contributed by atoms with Crippen molar-refractivity contribution in [1.29, 1.82) is 0 Å². The Kier molecular flexibility index (Phi) is 9.03. The maximum Gasteiger partial charge on any atom is 0.433 e. The molecule has 1 fully saturated rings. The molecule has 1 aliphatic carbocycles. The molecule has 1 N–H and O–H groups in total. The topological polar surface area (TPSA) is 64.2 Å². The summed E-state index contributed by atoms with van der Waals surface area (Å²) in [5.74, 6) is -0.491. The fraction of sp³-hybridized carbons (Fsp3) is 0.484. The van der Waals surface area contributed by atoms with E-state index in [-0.39, 0.29) is 36.7 Å². The Labute approximate surface area is 227 Å². The Morgan fingerprint density at radius 3 is 2.28 bits per heavy atom. The van der Waals surface area contributed by atoms with Crippen molar-refractivity contribution in [2.75, 3.05) is 0 Å². The first-order valence-corrected chi connectivity index (χ1v) is 13.9. The number of aromatic nitrogens is 2. The van der Waals surface area contributed by atoms with E-state index < -0.39 is 23.5 Å². The van der Waals surface area contributed by atoms with Crippen LogP contribution in [0.4, 0.5) is 13.2 Å². The molecule has 8 heteroatoms. The van der Waals surface area contributed by atoms with Crippen molar-refractivity contribution in [2.24, 2.45) is 11.8 Å². The lowest BCUT2D eigenvalue weighted by molar-refractivity contribution is -0.144. The first-order chi connectivity index (χ1) is 18.6. The predicted octanol–water partition coefficient (Wildman–Crippen LogP) is 7.64. The second kappa shape index (κ2) is 12.3. The van der Waals surface area contributed by atoms with Crippen LogP contribution in [0.1, 0.15) is 86.1 Å². The number of carboxylic acids is 1.